The molecule has 2 aromatic rings. The lowest BCUT2D eigenvalue weighted by Crippen LogP contribution is -2.09. The van der Waals surface area contributed by atoms with Crippen molar-refractivity contribution in [2.75, 3.05) is 5.88 Å². The van der Waals surface area contributed by atoms with Gasteiger partial charge in [0.25, 0.3) is 0 Å². The molecule has 0 spiro atoms. The molecule has 0 N–H and O–H groups in total. The minimum atomic E-state index is 0.0241. The molecular weight excluding hydrogens is 272 g/mol. The van der Waals surface area contributed by atoms with E-state index in [0.29, 0.717) is 15.6 Å². The van der Waals surface area contributed by atoms with Crippen LogP contribution in [0.2, 0.25) is 6.04 Å². The number of alkyl halides is 1. The lowest BCUT2D eigenvalue weighted by molar-refractivity contribution is 0.260. The summed E-state index contributed by atoms with van der Waals surface area (Å²) < 4.78 is 6.09. The van der Waals surface area contributed by atoms with Crippen molar-refractivity contribution in [2.24, 2.45) is 0 Å². The van der Waals surface area contributed by atoms with E-state index < -0.39 is 0 Å². The summed E-state index contributed by atoms with van der Waals surface area (Å²) in [6.07, 6.45) is 1.03. The molecule has 2 radical (unpaired) electrons. The third-order valence-corrected chi connectivity index (χ3v) is 4.05. The quantitative estimate of drug-likeness (QED) is 0.415. The number of hydrogen-bond donors (Lipinski definition) is 0. The molecule has 0 aliphatic heterocycles. The standard InChI is InChI=1S/C16H17ClOSi/c17-12-7-13-19-18-16(14-8-3-1-4-9-14)15-10-5-2-6-11-15/h1-6,8-11,16H,7,12-13H2. The predicted molar refractivity (Wildman–Crippen MR) is 81.7 cm³/mol. The Morgan fingerprint density at radius 1 is 0.895 bits per heavy atom. The molecule has 0 saturated heterocycles. The van der Waals surface area contributed by atoms with E-state index >= 15 is 0 Å². The van der Waals surface area contributed by atoms with Gasteiger partial charge in [0.1, 0.15) is 0 Å². The van der Waals surface area contributed by atoms with E-state index in [2.05, 4.69) is 48.5 Å². The largest absolute Gasteiger partial charge is 0.407 e. The lowest BCUT2D eigenvalue weighted by Gasteiger charge is -2.18. The van der Waals surface area contributed by atoms with Crippen molar-refractivity contribution >= 4 is 21.4 Å². The van der Waals surface area contributed by atoms with Crippen molar-refractivity contribution in [1.29, 1.82) is 0 Å². The van der Waals surface area contributed by atoms with E-state index in [4.69, 9.17) is 16.0 Å². The summed E-state index contributed by atoms with van der Waals surface area (Å²) in [4.78, 5) is 0. The number of rotatable bonds is 7. The highest BCUT2D eigenvalue weighted by molar-refractivity contribution is 6.27. The fourth-order valence-corrected chi connectivity index (χ4v) is 3.10. The topological polar surface area (TPSA) is 9.23 Å². The zero-order chi connectivity index (χ0) is 13.3. The highest BCUT2D eigenvalue weighted by Crippen LogP contribution is 2.25. The highest BCUT2D eigenvalue weighted by Gasteiger charge is 2.13. The molecule has 0 aromatic heterocycles. The summed E-state index contributed by atoms with van der Waals surface area (Å²) in [7, 11) is 0.486. The van der Waals surface area contributed by atoms with Gasteiger partial charge >= 0.3 is 0 Å². The Bertz CT molecular complexity index is 421. The van der Waals surface area contributed by atoms with E-state index in [0.717, 1.165) is 12.5 Å². The Labute approximate surface area is 122 Å². The fraction of sp³-hybridized carbons (Fsp3) is 0.250. The first kappa shape index (κ1) is 14.3. The van der Waals surface area contributed by atoms with Gasteiger partial charge in [-0.3, -0.25) is 0 Å². The molecule has 1 nitrogen and oxygen atoms in total. The van der Waals surface area contributed by atoms with Crippen LogP contribution < -0.4 is 0 Å². The van der Waals surface area contributed by atoms with Crippen molar-refractivity contribution in [3.63, 3.8) is 0 Å². The van der Waals surface area contributed by atoms with Gasteiger partial charge < -0.3 is 4.43 Å². The number of benzene rings is 2. The van der Waals surface area contributed by atoms with Crippen molar-refractivity contribution in [1.82, 2.24) is 0 Å². The molecule has 0 unspecified atom stereocenters. The maximum atomic E-state index is 6.09. The molecule has 98 valence electrons. The average Bonchev–Trinajstić information content (AvgIpc) is 2.49. The molecule has 3 heteroatoms. The molecule has 0 atom stereocenters. The first-order valence-electron chi connectivity index (χ1n) is 6.46. The molecule has 0 fully saturated rings. The fourth-order valence-electron chi connectivity index (χ4n) is 1.87. The monoisotopic (exact) mass is 288 g/mol. The third kappa shape index (κ3) is 4.50. The molecule has 0 heterocycles. The number of halogens is 1. The van der Waals surface area contributed by atoms with Gasteiger partial charge in [0, 0.05) is 5.88 Å². The molecule has 0 bridgehead atoms. The minimum Gasteiger partial charge on any atom is -0.407 e. The van der Waals surface area contributed by atoms with Gasteiger partial charge in [0.15, 0.2) is 0 Å². The second-order valence-corrected chi connectivity index (χ2v) is 5.66. The van der Waals surface area contributed by atoms with Gasteiger partial charge in [0.05, 0.1) is 6.10 Å². The van der Waals surface area contributed by atoms with Gasteiger partial charge in [0.2, 0.25) is 9.76 Å². The minimum absolute atomic E-state index is 0.0241. The van der Waals surface area contributed by atoms with Crippen LogP contribution in [0.3, 0.4) is 0 Å². The second kappa shape index (κ2) is 8.15. The Morgan fingerprint density at radius 3 is 1.89 bits per heavy atom. The Hall–Kier alpha value is -1.09. The second-order valence-electron chi connectivity index (χ2n) is 4.26. The van der Waals surface area contributed by atoms with E-state index in [9.17, 15) is 0 Å². The van der Waals surface area contributed by atoms with Crippen LogP contribution in [-0.4, -0.2) is 15.6 Å². The zero-order valence-electron chi connectivity index (χ0n) is 10.8. The number of hydrogen-bond acceptors (Lipinski definition) is 1. The Kier molecular flexibility index (Phi) is 6.14. The van der Waals surface area contributed by atoms with Crippen LogP contribution in [-0.2, 0) is 4.43 Å². The molecule has 0 aliphatic carbocycles. The molecular formula is C16H17ClOSi. The van der Waals surface area contributed by atoms with Gasteiger partial charge in [-0.25, -0.2) is 0 Å². The van der Waals surface area contributed by atoms with Crippen LogP contribution in [0.1, 0.15) is 23.7 Å². The maximum absolute atomic E-state index is 6.09. The Morgan fingerprint density at radius 2 is 1.42 bits per heavy atom. The van der Waals surface area contributed by atoms with Gasteiger partial charge in [-0.1, -0.05) is 60.7 Å². The highest BCUT2D eigenvalue weighted by atomic mass is 35.5. The van der Waals surface area contributed by atoms with Crippen LogP contribution >= 0.6 is 11.6 Å². The normalized spacial score (nSPS) is 10.8. The smallest absolute Gasteiger partial charge is 0.231 e. The molecule has 2 aromatic carbocycles. The van der Waals surface area contributed by atoms with Crippen molar-refractivity contribution in [3.05, 3.63) is 71.8 Å². The van der Waals surface area contributed by atoms with E-state index in [-0.39, 0.29) is 6.10 Å². The zero-order valence-corrected chi connectivity index (χ0v) is 12.5. The molecule has 19 heavy (non-hydrogen) atoms. The van der Waals surface area contributed by atoms with E-state index in [1.165, 1.54) is 11.1 Å². The summed E-state index contributed by atoms with van der Waals surface area (Å²) in [6, 6.07) is 21.8. The third-order valence-electron chi connectivity index (χ3n) is 2.82. The first-order chi connectivity index (χ1) is 9.42. The average molecular weight is 289 g/mol. The van der Waals surface area contributed by atoms with Crippen LogP contribution in [0, 0.1) is 0 Å². The van der Waals surface area contributed by atoms with E-state index in [1.54, 1.807) is 0 Å². The molecule has 2 rings (SSSR count). The van der Waals surface area contributed by atoms with Crippen molar-refractivity contribution in [2.45, 2.75) is 18.6 Å². The summed E-state index contributed by atoms with van der Waals surface area (Å²) in [5.41, 5.74) is 2.40. The van der Waals surface area contributed by atoms with Gasteiger partial charge in [-0.15, -0.1) is 11.6 Å². The summed E-state index contributed by atoms with van der Waals surface area (Å²) in [6.45, 7) is 0. The predicted octanol–water partition coefficient (Wildman–Crippen LogP) is 4.46. The summed E-state index contributed by atoms with van der Waals surface area (Å²) in [5, 5.41) is 0. The van der Waals surface area contributed by atoms with Gasteiger partial charge in [-0.05, 0) is 23.6 Å². The molecule has 0 aliphatic rings. The summed E-state index contributed by atoms with van der Waals surface area (Å²) >= 11 is 5.70. The van der Waals surface area contributed by atoms with Crippen LogP contribution in [0.25, 0.3) is 0 Å². The van der Waals surface area contributed by atoms with Gasteiger partial charge in [-0.2, -0.15) is 0 Å². The molecule has 0 saturated carbocycles. The first-order valence-corrected chi connectivity index (χ1v) is 8.11. The van der Waals surface area contributed by atoms with Crippen LogP contribution in [0.15, 0.2) is 60.7 Å². The van der Waals surface area contributed by atoms with Crippen LogP contribution in [0.4, 0.5) is 0 Å². The lowest BCUT2D eigenvalue weighted by atomic mass is 10.0. The van der Waals surface area contributed by atoms with Crippen molar-refractivity contribution < 1.29 is 4.43 Å². The molecule has 0 amide bonds. The van der Waals surface area contributed by atoms with Crippen LogP contribution in [0.5, 0.6) is 0 Å². The van der Waals surface area contributed by atoms with Crippen molar-refractivity contribution in [3.8, 4) is 0 Å². The SMILES string of the molecule is ClCCC[Si]OC(c1ccccc1)c1ccccc1. The Balaban J connectivity index is 2.10. The maximum Gasteiger partial charge on any atom is 0.231 e. The summed E-state index contributed by atoms with van der Waals surface area (Å²) in [5.74, 6) is 0.706. The van der Waals surface area contributed by atoms with E-state index in [1.807, 2.05) is 12.1 Å².